The van der Waals surface area contributed by atoms with Crippen LogP contribution in [-0.2, 0) is 14.8 Å². The molecule has 1 fully saturated rings. The van der Waals surface area contributed by atoms with E-state index < -0.39 is 22.2 Å². The van der Waals surface area contributed by atoms with E-state index in [0.717, 1.165) is 21.7 Å². The number of hydrogen-bond acceptors (Lipinski definition) is 5. The number of amides is 1. The van der Waals surface area contributed by atoms with Gasteiger partial charge in [0.1, 0.15) is 10.3 Å². The Balaban J connectivity index is 1.67. The van der Waals surface area contributed by atoms with Crippen LogP contribution in [0.1, 0.15) is 16.0 Å². The van der Waals surface area contributed by atoms with Crippen LogP contribution < -0.4 is 9.62 Å². The number of nitrogens with one attached hydrogen (secondary N) is 1. The molecule has 25 heavy (non-hydrogen) atoms. The van der Waals surface area contributed by atoms with Gasteiger partial charge in [0.05, 0.1) is 6.54 Å². The third kappa shape index (κ3) is 4.02. The molecule has 1 amide bonds. The second-order valence-electron chi connectivity index (χ2n) is 6.18. The zero-order valence-corrected chi connectivity index (χ0v) is 15.9. The molecule has 0 spiro atoms. The molecule has 1 aliphatic rings. The van der Waals surface area contributed by atoms with Crippen LogP contribution in [0.3, 0.4) is 0 Å². The van der Waals surface area contributed by atoms with Crippen molar-refractivity contribution >= 4 is 33.1 Å². The van der Waals surface area contributed by atoms with Crippen molar-refractivity contribution in [1.29, 1.82) is 0 Å². The molecule has 1 N–H and O–H groups in total. The number of ether oxygens (including phenoxy) is 1. The van der Waals surface area contributed by atoms with Gasteiger partial charge in [0, 0.05) is 17.1 Å². The minimum atomic E-state index is -3.58. The Hall–Kier alpha value is -1.90. The van der Waals surface area contributed by atoms with E-state index in [1.54, 1.807) is 12.1 Å². The van der Waals surface area contributed by atoms with Crippen molar-refractivity contribution in [3.63, 3.8) is 0 Å². The van der Waals surface area contributed by atoms with E-state index in [9.17, 15) is 13.2 Å². The van der Waals surface area contributed by atoms with Gasteiger partial charge in [-0.25, -0.2) is 17.9 Å². The zero-order chi connectivity index (χ0) is 18.2. The van der Waals surface area contributed by atoms with E-state index in [-0.39, 0.29) is 10.8 Å². The van der Waals surface area contributed by atoms with Crippen molar-refractivity contribution in [2.75, 3.05) is 18.0 Å². The minimum Gasteiger partial charge on any atom is -0.443 e. The third-order valence-corrected chi connectivity index (χ3v) is 6.79. The van der Waals surface area contributed by atoms with Crippen molar-refractivity contribution in [3.05, 3.63) is 46.3 Å². The van der Waals surface area contributed by atoms with Gasteiger partial charge in [-0.2, -0.15) is 0 Å². The standard InChI is InChI=1S/C17H20N2O4S2/c1-11-6-12(2)8-14(7-11)19-10-15(23-17(19)20)9-18-25(21,22)16-5-4-13(3)24-16/h4-8,15,18H,9-10H2,1-3H3. The first kappa shape index (κ1) is 17.9. The molecule has 1 aromatic heterocycles. The maximum Gasteiger partial charge on any atom is 0.414 e. The van der Waals surface area contributed by atoms with Crippen LogP contribution in [0.5, 0.6) is 0 Å². The summed E-state index contributed by atoms with van der Waals surface area (Å²) in [4.78, 5) is 14.6. The Bertz CT molecular complexity index is 885. The van der Waals surface area contributed by atoms with E-state index in [1.807, 2.05) is 39.0 Å². The number of rotatable bonds is 5. The molecule has 2 aromatic rings. The summed E-state index contributed by atoms with van der Waals surface area (Å²) in [6, 6.07) is 9.19. The van der Waals surface area contributed by atoms with E-state index >= 15 is 0 Å². The fourth-order valence-electron chi connectivity index (χ4n) is 2.78. The molecule has 1 atom stereocenters. The molecule has 6 nitrogen and oxygen atoms in total. The first-order chi connectivity index (χ1) is 11.7. The Labute approximate surface area is 151 Å². The predicted molar refractivity (Wildman–Crippen MR) is 97.8 cm³/mol. The number of carbonyl (C=O) groups is 1. The van der Waals surface area contributed by atoms with Gasteiger partial charge in [0.25, 0.3) is 0 Å². The predicted octanol–water partition coefficient (Wildman–Crippen LogP) is 2.98. The molecule has 2 heterocycles. The Kier molecular flexibility index (Phi) is 4.86. The largest absolute Gasteiger partial charge is 0.443 e. The second-order valence-corrected chi connectivity index (χ2v) is 9.46. The van der Waals surface area contributed by atoms with Crippen LogP contribution >= 0.6 is 11.3 Å². The van der Waals surface area contributed by atoms with E-state index in [1.165, 1.54) is 16.2 Å². The van der Waals surface area contributed by atoms with Gasteiger partial charge in [0.15, 0.2) is 0 Å². The number of carbonyl (C=O) groups excluding carboxylic acids is 1. The van der Waals surface area contributed by atoms with E-state index in [2.05, 4.69) is 4.72 Å². The Morgan fingerprint density at radius 2 is 1.88 bits per heavy atom. The number of cyclic esters (lactones) is 1. The summed E-state index contributed by atoms with van der Waals surface area (Å²) in [5.74, 6) is 0. The molecule has 1 aromatic carbocycles. The highest BCUT2D eigenvalue weighted by atomic mass is 32.2. The quantitative estimate of drug-likeness (QED) is 0.865. The number of sulfonamides is 1. The van der Waals surface area contributed by atoms with Gasteiger partial charge < -0.3 is 4.74 Å². The first-order valence-electron chi connectivity index (χ1n) is 7.87. The minimum absolute atomic E-state index is 0.0479. The topological polar surface area (TPSA) is 75.7 Å². The van der Waals surface area contributed by atoms with Gasteiger partial charge in [-0.15, -0.1) is 11.3 Å². The monoisotopic (exact) mass is 380 g/mol. The molecular formula is C17H20N2O4S2. The Morgan fingerprint density at radius 1 is 1.20 bits per heavy atom. The van der Waals surface area contributed by atoms with Crippen LogP contribution in [-0.4, -0.2) is 33.7 Å². The van der Waals surface area contributed by atoms with Gasteiger partial charge in [0.2, 0.25) is 10.0 Å². The molecule has 0 saturated carbocycles. The van der Waals surface area contributed by atoms with Gasteiger partial charge >= 0.3 is 6.09 Å². The maximum absolute atomic E-state index is 12.3. The normalized spacial score (nSPS) is 17.8. The lowest BCUT2D eigenvalue weighted by Gasteiger charge is -2.14. The Morgan fingerprint density at radius 3 is 2.48 bits per heavy atom. The van der Waals surface area contributed by atoms with E-state index in [4.69, 9.17) is 4.74 Å². The SMILES string of the molecule is Cc1cc(C)cc(N2CC(CNS(=O)(=O)c3ccc(C)s3)OC2=O)c1. The molecule has 1 aliphatic heterocycles. The van der Waals surface area contributed by atoms with Crippen molar-refractivity contribution in [2.45, 2.75) is 31.1 Å². The summed E-state index contributed by atoms with van der Waals surface area (Å²) >= 11 is 1.21. The molecule has 1 saturated heterocycles. The number of aryl methyl sites for hydroxylation is 3. The molecule has 0 bridgehead atoms. The maximum atomic E-state index is 12.3. The lowest BCUT2D eigenvalue weighted by molar-refractivity contribution is 0.143. The molecular weight excluding hydrogens is 360 g/mol. The molecule has 8 heteroatoms. The summed E-state index contributed by atoms with van der Waals surface area (Å²) in [6.45, 7) is 6.14. The van der Waals surface area contributed by atoms with Crippen LogP contribution in [0.2, 0.25) is 0 Å². The van der Waals surface area contributed by atoms with Crippen LogP contribution in [0.25, 0.3) is 0 Å². The second kappa shape index (κ2) is 6.78. The molecule has 3 rings (SSSR count). The average molecular weight is 380 g/mol. The van der Waals surface area contributed by atoms with Gasteiger partial charge in [-0.1, -0.05) is 6.07 Å². The lowest BCUT2D eigenvalue weighted by atomic mass is 10.1. The summed E-state index contributed by atoms with van der Waals surface area (Å²) in [6.07, 6.45) is -0.981. The zero-order valence-electron chi connectivity index (χ0n) is 14.3. The number of anilines is 1. The van der Waals surface area contributed by atoms with Crippen molar-refractivity contribution in [1.82, 2.24) is 4.72 Å². The molecule has 134 valence electrons. The smallest absolute Gasteiger partial charge is 0.414 e. The van der Waals surface area contributed by atoms with Crippen LogP contribution in [0.4, 0.5) is 10.5 Å². The number of thiophene rings is 1. The van der Waals surface area contributed by atoms with Crippen LogP contribution in [0, 0.1) is 20.8 Å². The van der Waals surface area contributed by atoms with Crippen molar-refractivity contribution in [3.8, 4) is 0 Å². The average Bonchev–Trinajstić information content (AvgIpc) is 3.11. The van der Waals surface area contributed by atoms with Crippen molar-refractivity contribution < 1.29 is 17.9 Å². The third-order valence-electron chi connectivity index (χ3n) is 3.87. The number of nitrogens with zero attached hydrogens (tertiary/aromatic N) is 1. The summed E-state index contributed by atoms with van der Waals surface area (Å²) < 4.78 is 32.6. The van der Waals surface area contributed by atoms with Gasteiger partial charge in [-0.05, 0) is 56.2 Å². The highest BCUT2D eigenvalue weighted by Gasteiger charge is 2.33. The molecule has 1 unspecified atom stereocenters. The number of hydrogen-bond donors (Lipinski definition) is 1. The highest BCUT2D eigenvalue weighted by molar-refractivity contribution is 7.91. The molecule has 0 aliphatic carbocycles. The van der Waals surface area contributed by atoms with E-state index in [0.29, 0.717) is 6.54 Å². The summed E-state index contributed by atoms with van der Waals surface area (Å²) in [5.41, 5.74) is 2.88. The fraction of sp³-hybridized carbons (Fsp3) is 0.353. The van der Waals surface area contributed by atoms with Crippen LogP contribution in [0.15, 0.2) is 34.5 Å². The van der Waals surface area contributed by atoms with Crippen molar-refractivity contribution in [2.24, 2.45) is 0 Å². The summed E-state index contributed by atoms with van der Waals surface area (Å²) in [5, 5.41) is 0. The lowest BCUT2D eigenvalue weighted by Crippen LogP contribution is -2.34. The fourth-order valence-corrected chi connectivity index (χ4v) is 5.17. The summed E-state index contributed by atoms with van der Waals surface area (Å²) in [7, 11) is -3.58. The highest BCUT2D eigenvalue weighted by Crippen LogP contribution is 2.25. The molecule has 0 radical (unpaired) electrons. The first-order valence-corrected chi connectivity index (χ1v) is 10.2. The van der Waals surface area contributed by atoms with Gasteiger partial charge in [-0.3, -0.25) is 4.90 Å². The number of benzene rings is 1.